The molecule has 186 valence electrons. The van der Waals surface area contributed by atoms with Gasteiger partial charge >= 0.3 is 0 Å². The maximum atomic E-state index is 12.9. The van der Waals surface area contributed by atoms with Gasteiger partial charge in [-0.05, 0) is 32.1 Å². The number of rotatable bonds is 24. The van der Waals surface area contributed by atoms with Crippen LogP contribution in [0.4, 0.5) is 0 Å². The fourth-order valence-electron chi connectivity index (χ4n) is 4.27. The number of hydrogen-bond donors (Lipinski definition) is 0. The largest absolute Gasteiger partial charge is 0.302 e. The van der Waals surface area contributed by atoms with Crippen molar-refractivity contribution in [1.29, 1.82) is 0 Å². The molecule has 0 aromatic carbocycles. The van der Waals surface area contributed by atoms with Crippen LogP contribution in [0.1, 0.15) is 149 Å². The molecule has 4 heteroatoms. The van der Waals surface area contributed by atoms with E-state index in [2.05, 4.69) is 20.8 Å². The van der Waals surface area contributed by atoms with Crippen molar-refractivity contribution in [3.63, 3.8) is 0 Å². The third-order valence-corrected chi connectivity index (χ3v) is 6.55. The first-order chi connectivity index (χ1) is 15.5. The van der Waals surface area contributed by atoms with E-state index in [0.29, 0.717) is 50.6 Å². The van der Waals surface area contributed by atoms with Crippen LogP contribution in [0.2, 0.25) is 0 Å². The van der Waals surface area contributed by atoms with Gasteiger partial charge < -0.3 is 4.79 Å². The fraction of sp³-hybridized carbons (Fsp3) is 0.857. The van der Waals surface area contributed by atoms with Crippen molar-refractivity contribution in [1.82, 2.24) is 0 Å². The predicted molar refractivity (Wildman–Crippen MR) is 133 cm³/mol. The first kappa shape index (κ1) is 30.7. The molecule has 0 heterocycles. The molecule has 0 saturated heterocycles. The van der Waals surface area contributed by atoms with Crippen LogP contribution in [-0.4, -0.2) is 23.6 Å². The van der Waals surface area contributed by atoms with Gasteiger partial charge in [-0.1, -0.05) is 91.4 Å². The molecule has 0 aromatic rings. The lowest BCUT2D eigenvalue weighted by molar-refractivity contribution is -0.145. The Morgan fingerprint density at radius 2 is 0.906 bits per heavy atom. The van der Waals surface area contributed by atoms with E-state index in [4.69, 9.17) is 0 Å². The van der Waals surface area contributed by atoms with Crippen LogP contribution in [0.5, 0.6) is 0 Å². The molecule has 0 radical (unpaired) electrons. The van der Waals surface area contributed by atoms with E-state index in [9.17, 15) is 19.2 Å². The van der Waals surface area contributed by atoms with Crippen LogP contribution in [0.15, 0.2) is 0 Å². The molecule has 0 bridgehead atoms. The van der Waals surface area contributed by atoms with E-state index in [-0.39, 0.29) is 11.6 Å². The number of aldehydes is 1. The number of Topliss-reactive ketones (excluding diaryl/α,β-unsaturated/α-hetero) is 3. The summed E-state index contributed by atoms with van der Waals surface area (Å²) in [5, 5.41) is 0. The van der Waals surface area contributed by atoms with Crippen LogP contribution in [0.3, 0.4) is 0 Å². The van der Waals surface area contributed by atoms with E-state index in [1.165, 1.54) is 19.3 Å². The zero-order valence-corrected chi connectivity index (χ0v) is 21.4. The summed E-state index contributed by atoms with van der Waals surface area (Å²) in [5.74, 6) is -0.0117. The van der Waals surface area contributed by atoms with Crippen LogP contribution >= 0.6 is 0 Å². The molecule has 4 nitrogen and oxygen atoms in total. The monoisotopic (exact) mass is 450 g/mol. The van der Waals surface area contributed by atoms with Gasteiger partial charge in [0.2, 0.25) is 0 Å². The molecule has 0 saturated carbocycles. The van der Waals surface area contributed by atoms with Crippen molar-refractivity contribution < 1.29 is 19.2 Å². The van der Waals surface area contributed by atoms with Gasteiger partial charge in [-0.3, -0.25) is 14.4 Å². The molecule has 0 amide bonds. The van der Waals surface area contributed by atoms with E-state index in [0.717, 1.165) is 70.6 Å². The average molecular weight is 451 g/mol. The molecule has 32 heavy (non-hydrogen) atoms. The minimum absolute atomic E-state index is 0.180. The normalized spacial score (nSPS) is 11.5. The van der Waals surface area contributed by atoms with Crippen LogP contribution in [0, 0.1) is 5.41 Å². The molecular formula is C28H50O4. The predicted octanol–water partition coefficient (Wildman–Crippen LogP) is 7.74. The molecule has 0 aromatic heterocycles. The maximum absolute atomic E-state index is 12.9. The van der Waals surface area contributed by atoms with Gasteiger partial charge in [0.15, 0.2) is 11.6 Å². The molecule has 0 fully saturated rings. The lowest BCUT2D eigenvalue weighted by Gasteiger charge is -2.25. The zero-order chi connectivity index (χ0) is 24.1. The van der Waals surface area contributed by atoms with Crippen molar-refractivity contribution in [3.8, 4) is 0 Å². The van der Waals surface area contributed by atoms with Gasteiger partial charge in [0.25, 0.3) is 0 Å². The average Bonchev–Trinajstić information content (AvgIpc) is 2.78. The van der Waals surface area contributed by atoms with E-state index < -0.39 is 5.41 Å². The molecule has 0 unspecified atom stereocenters. The van der Waals surface area contributed by atoms with Crippen molar-refractivity contribution >= 4 is 23.6 Å². The zero-order valence-electron chi connectivity index (χ0n) is 21.4. The third-order valence-electron chi connectivity index (χ3n) is 6.55. The van der Waals surface area contributed by atoms with Crippen LogP contribution < -0.4 is 0 Å². The van der Waals surface area contributed by atoms with Crippen molar-refractivity contribution in [2.45, 2.75) is 149 Å². The Morgan fingerprint density at radius 3 is 1.34 bits per heavy atom. The van der Waals surface area contributed by atoms with Crippen molar-refractivity contribution in [3.05, 3.63) is 0 Å². The minimum atomic E-state index is -1.43. The summed E-state index contributed by atoms with van der Waals surface area (Å²) in [7, 11) is 0. The molecule has 0 atom stereocenters. The Labute approximate surface area is 197 Å². The molecular weight excluding hydrogens is 400 g/mol. The highest BCUT2D eigenvalue weighted by Crippen LogP contribution is 2.30. The van der Waals surface area contributed by atoms with Gasteiger partial charge in [0.05, 0.1) is 0 Å². The Bertz CT molecular complexity index is 502. The number of unbranched alkanes of at least 4 members (excludes halogenated alkanes) is 11. The molecule has 0 spiro atoms. The summed E-state index contributed by atoms with van der Waals surface area (Å²) < 4.78 is 0. The second kappa shape index (κ2) is 20.3. The van der Waals surface area contributed by atoms with Gasteiger partial charge in [-0.15, -0.1) is 0 Å². The Balaban J connectivity index is 4.49. The van der Waals surface area contributed by atoms with Crippen molar-refractivity contribution in [2.24, 2.45) is 5.41 Å². The quantitative estimate of drug-likeness (QED) is 0.0856. The molecule has 0 aliphatic carbocycles. The Morgan fingerprint density at radius 1 is 0.531 bits per heavy atom. The lowest BCUT2D eigenvalue weighted by atomic mass is 9.73. The highest BCUT2D eigenvalue weighted by Gasteiger charge is 2.43. The van der Waals surface area contributed by atoms with Crippen LogP contribution in [0.25, 0.3) is 0 Å². The third kappa shape index (κ3) is 13.3. The van der Waals surface area contributed by atoms with Crippen LogP contribution in [-0.2, 0) is 19.2 Å². The van der Waals surface area contributed by atoms with Gasteiger partial charge in [-0.2, -0.15) is 0 Å². The maximum Gasteiger partial charge on any atom is 0.153 e. The number of carbonyl (C=O) groups excluding carboxylic acids is 4. The van der Waals surface area contributed by atoms with Gasteiger partial charge in [-0.25, -0.2) is 0 Å². The van der Waals surface area contributed by atoms with E-state index >= 15 is 0 Å². The van der Waals surface area contributed by atoms with Gasteiger partial charge in [0, 0.05) is 25.7 Å². The topological polar surface area (TPSA) is 68.3 Å². The highest BCUT2D eigenvalue weighted by atomic mass is 16.2. The highest BCUT2D eigenvalue weighted by molar-refractivity contribution is 6.18. The van der Waals surface area contributed by atoms with E-state index in [1.807, 2.05) is 0 Å². The Kier molecular flexibility index (Phi) is 19.5. The fourth-order valence-corrected chi connectivity index (χ4v) is 4.27. The lowest BCUT2D eigenvalue weighted by Crippen LogP contribution is -2.41. The SMILES string of the molecule is CCCCCCCC(=O)CCCCCCC(C=O)(C(=O)CCCCC)C(=O)CCCCC. The second-order valence-electron chi connectivity index (χ2n) is 9.47. The summed E-state index contributed by atoms with van der Waals surface area (Å²) in [6, 6.07) is 0. The minimum Gasteiger partial charge on any atom is -0.302 e. The number of ketones is 3. The first-order valence-electron chi connectivity index (χ1n) is 13.5. The standard InChI is InChI=1S/C28H50O4/c1-4-7-10-11-16-19-25(30)20-17-12-13-18-23-28(24-29,26(31)21-14-8-5-2)27(32)22-15-9-6-3/h24H,4-23H2,1-3H3. The molecule has 0 aliphatic rings. The smallest absolute Gasteiger partial charge is 0.153 e. The summed E-state index contributed by atoms with van der Waals surface area (Å²) in [4.78, 5) is 49.9. The summed E-state index contributed by atoms with van der Waals surface area (Å²) in [6.45, 7) is 6.34. The number of carbonyl (C=O) groups is 4. The summed E-state index contributed by atoms with van der Waals surface area (Å²) >= 11 is 0. The first-order valence-corrected chi connectivity index (χ1v) is 13.5. The molecule has 0 rings (SSSR count). The van der Waals surface area contributed by atoms with E-state index in [1.54, 1.807) is 0 Å². The molecule has 0 aliphatic heterocycles. The Hall–Kier alpha value is -1.32. The van der Waals surface area contributed by atoms with Crippen molar-refractivity contribution in [2.75, 3.05) is 0 Å². The molecule has 0 N–H and O–H groups in total. The summed E-state index contributed by atoms with van der Waals surface area (Å²) in [6.07, 6.45) is 17.4. The number of hydrogen-bond acceptors (Lipinski definition) is 4. The summed E-state index contributed by atoms with van der Waals surface area (Å²) in [5.41, 5.74) is -1.43. The second-order valence-corrected chi connectivity index (χ2v) is 9.47. The van der Waals surface area contributed by atoms with Gasteiger partial charge in [0.1, 0.15) is 17.5 Å².